The van der Waals surface area contributed by atoms with Gasteiger partial charge >= 0.3 is 0 Å². The molecule has 3 unspecified atom stereocenters. The lowest BCUT2D eigenvalue weighted by Crippen LogP contribution is -2.46. The SMILES string of the molecule is CCCCCCCCCCCCCCCCCCCCCCCCCC(=O)NC(COP(=O)([O-])OCC[N+](C)(C)C)C(O)CCCCCC. The van der Waals surface area contributed by atoms with Crippen LogP contribution in [0.15, 0.2) is 0 Å². The number of aliphatic hydroxyl groups is 1. The Morgan fingerprint density at radius 3 is 1.39 bits per heavy atom. The van der Waals surface area contributed by atoms with Crippen LogP contribution in [-0.2, 0) is 18.4 Å². The Hall–Kier alpha value is -0.500. The number of carbonyl (C=O) groups is 1. The van der Waals surface area contributed by atoms with E-state index in [9.17, 15) is 19.4 Å². The van der Waals surface area contributed by atoms with E-state index in [1.165, 1.54) is 128 Å². The van der Waals surface area contributed by atoms with Gasteiger partial charge in [0.15, 0.2) is 0 Å². The minimum absolute atomic E-state index is 0.0143. The van der Waals surface area contributed by atoms with Gasteiger partial charge in [-0.3, -0.25) is 9.36 Å². The molecule has 0 bridgehead atoms. The molecule has 0 saturated heterocycles. The van der Waals surface area contributed by atoms with Gasteiger partial charge in [-0.1, -0.05) is 181 Å². The number of unbranched alkanes of at least 4 members (excludes halogenated alkanes) is 25. The largest absolute Gasteiger partial charge is 0.756 e. The molecule has 1 amide bonds. The van der Waals surface area contributed by atoms with Crippen LogP contribution in [0.3, 0.4) is 0 Å². The number of carbonyl (C=O) groups excluding carboxylic acids is 1. The van der Waals surface area contributed by atoms with Crippen LogP contribution in [-0.4, -0.2) is 68.5 Å². The number of quaternary nitrogens is 1. The first-order valence-electron chi connectivity index (χ1n) is 20.9. The molecule has 0 fully saturated rings. The third kappa shape index (κ3) is 35.7. The molecule has 0 radical (unpaired) electrons. The fraction of sp³-hybridized carbons (Fsp3) is 0.975. The predicted molar refractivity (Wildman–Crippen MR) is 206 cm³/mol. The summed E-state index contributed by atoms with van der Waals surface area (Å²) in [6.07, 6.45) is 34.6. The van der Waals surface area contributed by atoms with Crippen molar-refractivity contribution in [2.75, 3.05) is 40.9 Å². The van der Waals surface area contributed by atoms with Gasteiger partial charge in [0.05, 0.1) is 39.9 Å². The molecular formula is C40H83N2O6P. The highest BCUT2D eigenvalue weighted by molar-refractivity contribution is 7.45. The van der Waals surface area contributed by atoms with Gasteiger partial charge in [0.2, 0.25) is 5.91 Å². The summed E-state index contributed by atoms with van der Waals surface area (Å²) in [5, 5.41) is 13.6. The molecule has 0 aromatic carbocycles. The maximum absolute atomic E-state index is 12.7. The fourth-order valence-corrected chi connectivity index (χ4v) is 6.94. The van der Waals surface area contributed by atoms with Crippen molar-refractivity contribution in [1.82, 2.24) is 5.32 Å². The van der Waals surface area contributed by atoms with Crippen molar-refractivity contribution >= 4 is 13.7 Å². The Bertz CT molecular complexity index is 778. The topological polar surface area (TPSA) is 108 Å². The quantitative estimate of drug-likeness (QED) is 0.0374. The Morgan fingerprint density at radius 2 is 1.00 bits per heavy atom. The van der Waals surface area contributed by atoms with Crippen LogP contribution in [0.5, 0.6) is 0 Å². The maximum Gasteiger partial charge on any atom is 0.268 e. The summed E-state index contributed by atoms with van der Waals surface area (Å²) in [5.74, 6) is -0.170. The first kappa shape index (κ1) is 48.5. The zero-order valence-electron chi connectivity index (χ0n) is 33.2. The summed E-state index contributed by atoms with van der Waals surface area (Å²) in [5.41, 5.74) is 0. The number of phosphoric ester groups is 1. The summed E-state index contributed by atoms with van der Waals surface area (Å²) in [4.78, 5) is 25.0. The zero-order valence-corrected chi connectivity index (χ0v) is 34.1. The van der Waals surface area contributed by atoms with Gasteiger partial charge in [-0.25, -0.2) is 0 Å². The van der Waals surface area contributed by atoms with Crippen molar-refractivity contribution in [3.63, 3.8) is 0 Å². The first-order chi connectivity index (χ1) is 23.5. The minimum atomic E-state index is -4.54. The second-order valence-corrected chi connectivity index (χ2v) is 17.1. The summed E-state index contributed by atoms with van der Waals surface area (Å²) in [6, 6.07) is -0.789. The highest BCUT2D eigenvalue weighted by Crippen LogP contribution is 2.38. The highest BCUT2D eigenvalue weighted by atomic mass is 31.2. The van der Waals surface area contributed by atoms with Gasteiger partial charge in [-0.05, 0) is 12.8 Å². The van der Waals surface area contributed by atoms with E-state index in [2.05, 4.69) is 19.2 Å². The average Bonchev–Trinajstić information content (AvgIpc) is 3.04. The number of rotatable bonds is 38. The number of nitrogens with zero attached hydrogens (tertiary/aromatic N) is 1. The van der Waals surface area contributed by atoms with Crippen LogP contribution in [0.2, 0.25) is 0 Å². The van der Waals surface area contributed by atoms with E-state index in [0.717, 1.165) is 44.9 Å². The molecule has 0 aromatic rings. The van der Waals surface area contributed by atoms with Gasteiger partial charge in [-0.15, -0.1) is 0 Å². The summed E-state index contributed by atoms with van der Waals surface area (Å²) in [7, 11) is 1.31. The number of phosphoric acid groups is 1. The smallest absolute Gasteiger partial charge is 0.268 e. The van der Waals surface area contributed by atoms with E-state index in [4.69, 9.17) is 9.05 Å². The lowest BCUT2D eigenvalue weighted by Gasteiger charge is -2.30. The van der Waals surface area contributed by atoms with E-state index in [-0.39, 0.29) is 19.1 Å². The zero-order chi connectivity index (χ0) is 36.5. The molecule has 3 atom stereocenters. The maximum atomic E-state index is 12.7. The molecule has 9 heteroatoms. The lowest BCUT2D eigenvalue weighted by atomic mass is 10.0. The summed E-state index contributed by atoms with van der Waals surface area (Å²) >= 11 is 0. The third-order valence-corrected chi connectivity index (χ3v) is 10.6. The van der Waals surface area contributed by atoms with Crippen molar-refractivity contribution in [3.8, 4) is 0 Å². The molecular weight excluding hydrogens is 635 g/mol. The van der Waals surface area contributed by atoms with Gasteiger partial charge in [0.25, 0.3) is 7.82 Å². The number of hydrogen-bond donors (Lipinski definition) is 2. The van der Waals surface area contributed by atoms with Crippen LogP contribution >= 0.6 is 7.82 Å². The average molecular weight is 719 g/mol. The number of amides is 1. The van der Waals surface area contributed by atoms with Gasteiger partial charge in [-0.2, -0.15) is 0 Å². The second kappa shape index (κ2) is 33.3. The normalized spacial score (nSPS) is 14.5. The first-order valence-corrected chi connectivity index (χ1v) is 22.3. The molecule has 49 heavy (non-hydrogen) atoms. The predicted octanol–water partition coefficient (Wildman–Crippen LogP) is 10.4. The van der Waals surface area contributed by atoms with E-state index in [1.807, 2.05) is 21.1 Å². The molecule has 0 aromatic heterocycles. The third-order valence-electron chi connectivity index (χ3n) is 9.60. The standard InChI is InChI=1S/C40H83N2O6P/c1-6-8-10-12-13-14-15-16-17-18-19-20-21-22-23-24-25-26-27-28-29-30-32-34-40(44)41-38(39(43)33-31-11-9-7-2)37-48-49(45,46)47-36-35-42(3,4)5/h38-39,43H,6-37H2,1-5H3,(H-,41,44,45,46). The fourth-order valence-electron chi connectivity index (χ4n) is 6.22. The summed E-state index contributed by atoms with van der Waals surface area (Å²) < 4.78 is 23.0. The van der Waals surface area contributed by atoms with Crippen molar-refractivity contribution in [2.24, 2.45) is 0 Å². The van der Waals surface area contributed by atoms with Crippen molar-refractivity contribution in [3.05, 3.63) is 0 Å². The molecule has 0 aliphatic rings. The summed E-state index contributed by atoms with van der Waals surface area (Å²) in [6.45, 7) is 4.61. The van der Waals surface area contributed by atoms with E-state index >= 15 is 0 Å². The van der Waals surface area contributed by atoms with Crippen LogP contribution in [0, 0.1) is 0 Å². The number of aliphatic hydroxyl groups excluding tert-OH is 1. The molecule has 0 spiro atoms. The monoisotopic (exact) mass is 719 g/mol. The van der Waals surface area contributed by atoms with Crippen LogP contribution in [0.1, 0.15) is 200 Å². The molecule has 0 heterocycles. The molecule has 0 aliphatic carbocycles. The lowest BCUT2D eigenvalue weighted by molar-refractivity contribution is -0.870. The van der Waals surface area contributed by atoms with Crippen molar-refractivity contribution in [2.45, 2.75) is 212 Å². The number of likely N-dealkylation sites (N-methyl/N-ethyl adjacent to an activating group) is 1. The number of nitrogens with one attached hydrogen (secondary N) is 1. The van der Waals surface area contributed by atoms with E-state index in [0.29, 0.717) is 23.9 Å². The van der Waals surface area contributed by atoms with E-state index < -0.39 is 20.0 Å². The molecule has 8 nitrogen and oxygen atoms in total. The Labute approximate surface area is 304 Å². The van der Waals surface area contributed by atoms with Gasteiger partial charge in [0, 0.05) is 6.42 Å². The van der Waals surface area contributed by atoms with Gasteiger partial charge in [0.1, 0.15) is 13.2 Å². The Morgan fingerprint density at radius 1 is 0.633 bits per heavy atom. The van der Waals surface area contributed by atoms with Crippen LogP contribution < -0.4 is 10.2 Å². The van der Waals surface area contributed by atoms with Crippen molar-refractivity contribution < 1.29 is 32.9 Å². The molecule has 0 rings (SSSR count). The minimum Gasteiger partial charge on any atom is -0.756 e. The highest BCUT2D eigenvalue weighted by Gasteiger charge is 2.24. The second-order valence-electron chi connectivity index (χ2n) is 15.7. The van der Waals surface area contributed by atoms with Crippen LogP contribution in [0.4, 0.5) is 0 Å². The van der Waals surface area contributed by atoms with E-state index in [1.54, 1.807) is 0 Å². The number of hydrogen-bond acceptors (Lipinski definition) is 6. The molecule has 294 valence electrons. The molecule has 0 aliphatic heterocycles. The Balaban J connectivity index is 3.93. The van der Waals surface area contributed by atoms with Crippen molar-refractivity contribution in [1.29, 1.82) is 0 Å². The molecule has 0 saturated carbocycles. The van der Waals surface area contributed by atoms with Crippen LogP contribution in [0.25, 0.3) is 0 Å². The molecule has 2 N–H and O–H groups in total. The Kier molecular flexibility index (Phi) is 33.0. The van der Waals surface area contributed by atoms with Gasteiger partial charge < -0.3 is 28.8 Å².